The summed E-state index contributed by atoms with van der Waals surface area (Å²) < 4.78 is 0. The molecule has 0 radical (unpaired) electrons. The van der Waals surface area contributed by atoms with E-state index in [9.17, 15) is 4.79 Å². The van der Waals surface area contributed by atoms with E-state index < -0.39 is 6.17 Å². The Morgan fingerprint density at radius 3 is 2.33 bits per heavy atom. The third kappa shape index (κ3) is 4.41. The van der Waals surface area contributed by atoms with Crippen molar-refractivity contribution >= 4 is 34.8 Å². The molecular formula is C24H21Cl2N3O. The average Bonchev–Trinajstić information content (AvgIpc) is 3.04. The van der Waals surface area contributed by atoms with Crippen LogP contribution in [0.4, 0.5) is 0 Å². The molecule has 4 rings (SSSR count). The van der Waals surface area contributed by atoms with Gasteiger partial charge in [-0.3, -0.25) is 9.69 Å². The highest BCUT2D eigenvalue weighted by Gasteiger charge is 2.40. The molecule has 1 fully saturated rings. The maximum absolute atomic E-state index is 13.0. The highest BCUT2D eigenvalue weighted by molar-refractivity contribution is 6.35. The molecule has 3 aromatic rings. The average molecular weight is 438 g/mol. The van der Waals surface area contributed by atoms with E-state index in [0.717, 1.165) is 22.4 Å². The quantitative estimate of drug-likeness (QED) is 0.475. The molecule has 0 spiro atoms. The van der Waals surface area contributed by atoms with Gasteiger partial charge in [0.25, 0.3) is 5.91 Å². The van der Waals surface area contributed by atoms with Crippen molar-refractivity contribution in [2.75, 3.05) is 6.54 Å². The summed E-state index contributed by atoms with van der Waals surface area (Å²) in [6, 6.07) is 25.2. The molecule has 6 heteroatoms. The van der Waals surface area contributed by atoms with Gasteiger partial charge < -0.3 is 0 Å². The number of rotatable bonds is 5. The Morgan fingerprint density at radius 1 is 1.00 bits per heavy atom. The van der Waals surface area contributed by atoms with Crippen LogP contribution < -0.4 is 0 Å². The van der Waals surface area contributed by atoms with Gasteiger partial charge in [0.05, 0.1) is 12.3 Å². The third-order valence-corrected chi connectivity index (χ3v) is 5.65. The molecule has 30 heavy (non-hydrogen) atoms. The fraction of sp³-hybridized carbons (Fsp3) is 0.167. The molecule has 0 N–H and O–H groups in total. The van der Waals surface area contributed by atoms with E-state index in [1.54, 1.807) is 17.1 Å². The van der Waals surface area contributed by atoms with E-state index in [1.165, 1.54) is 0 Å². The lowest BCUT2D eigenvalue weighted by atomic mass is 10.1. The van der Waals surface area contributed by atoms with Gasteiger partial charge in [0.2, 0.25) is 0 Å². The lowest BCUT2D eigenvalue weighted by Gasteiger charge is -2.28. The van der Waals surface area contributed by atoms with Gasteiger partial charge in [-0.1, -0.05) is 89.9 Å². The number of hydrazone groups is 1. The van der Waals surface area contributed by atoms with E-state index in [0.29, 0.717) is 16.6 Å². The van der Waals surface area contributed by atoms with Crippen molar-refractivity contribution in [1.82, 2.24) is 9.91 Å². The molecule has 1 aliphatic heterocycles. The van der Waals surface area contributed by atoms with Crippen LogP contribution in [0.25, 0.3) is 0 Å². The maximum Gasteiger partial charge on any atom is 0.258 e. The lowest BCUT2D eigenvalue weighted by Crippen LogP contribution is -2.29. The van der Waals surface area contributed by atoms with Crippen LogP contribution in [0.2, 0.25) is 10.0 Å². The Balaban J connectivity index is 1.74. The van der Waals surface area contributed by atoms with Gasteiger partial charge in [0.1, 0.15) is 6.17 Å². The Labute approximate surface area is 186 Å². The van der Waals surface area contributed by atoms with Gasteiger partial charge in [-0.05, 0) is 30.2 Å². The largest absolute Gasteiger partial charge is 0.271 e. The standard InChI is InChI=1S/C24H21Cl2N3O/c1-17(19-10-6-3-7-11-19)27-29-23(30)16-28(15-18-8-4-2-5-9-18)24(29)21-13-12-20(25)14-22(21)26/h2-14,24H,15-16H2,1H3/b27-17-/t24-/m1/s1. The summed E-state index contributed by atoms with van der Waals surface area (Å²) in [6.45, 7) is 2.76. The first kappa shape index (κ1) is 20.6. The van der Waals surface area contributed by atoms with Gasteiger partial charge in [-0.25, -0.2) is 5.01 Å². The number of amides is 1. The molecule has 0 saturated carbocycles. The normalized spacial score (nSPS) is 17.6. The monoisotopic (exact) mass is 437 g/mol. The molecular weight excluding hydrogens is 417 g/mol. The molecule has 0 aliphatic carbocycles. The van der Waals surface area contributed by atoms with Crippen molar-refractivity contribution < 1.29 is 4.79 Å². The minimum atomic E-state index is -0.416. The van der Waals surface area contributed by atoms with E-state index >= 15 is 0 Å². The van der Waals surface area contributed by atoms with E-state index in [1.807, 2.05) is 73.7 Å². The Bertz CT molecular complexity index is 1070. The highest BCUT2D eigenvalue weighted by atomic mass is 35.5. The first-order valence-electron chi connectivity index (χ1n) is 9.68. The van der Waals surface area contributed by atoms with Crippen LogP contribution in [0.1, 0.15) is 29.8 Å². The molecule has 4 nitrogen and oxygen atoms in total. The van der Waals surface area contributed by atoms with Crippen molar-refractivity contribution in [2.24, 2.45) is 5.10 Å². The van der Waals surface area contributed by atoms with Gasteiger partial charge in [0.15, 0.2) is 0 Å². The molecule has 1 amide bonds. The summed E-state index contributed by atoms with van der Waals surface area (Å²) >= 11 is 12.7. The number of hydrogen-bond acceptors (Lipinski definition) is 3. The first-order chi connectivity index (χ1) is 14.5. The van der Waals surface area contributed by atoms with Crippen LogP contribution in [-0.2, 0) is 11.3 Å². The smallest absolute Gasteiger partial charge is 0.258 e. The first-order valence-corrected chi connectivity index (χ1v) is 10.4. The zero-order chi connectivity index (χ0) is 21.1. The summed E-state index contributed by atoms with van der Waals surface area (Å²) in [4.78, 5) is 15.1. The van der Waals surface area contributed by atoms with Crippen LogP contribution >= 0.6 is 23.2 Å². The van der Waals surface area contributed by atoms with Crippen molar-refractivity contribution in [3.05, 3.63) is 106 Å². The zero-order valence-electron chi connectivity index (χ0n) is 16.5. The summed E-state index contributed by atoms with van der Waals surface area (Å²) in [5.74, 6) is -0.0720. The van der Waals surface area contributed by atoms with E-state index in [4.69, 9.17) is 28.3 Å². The molecule has 1 aliphatic rings. The molecule has 0 aromatic heterocycles. The second kappa shape index (κ2) is 9.00. The molecule has 0 unspecified atom stereocenters. The number of carbonyl (C=O) groups excluding carboxylic acids is 1. The fourth-order valence-corrected chi connectivity index (χ4v) is 4.14. The topological polar surface area (TPSA) is 35.9 Å². The summed E-state index contributed by atoms with van der Waals surface area (Å²) in [5, 5.41) is 7.32. The lowest BCUT2D eigenvalue weighted by molar-refractivity contribution is -0.128. The Hall–Kier alpha value is -2.66. The maximum atomic E-state index is 13.0. The molecule has 1 saturated heterocycles. The van der Waals surface area contributed by atoms with Crippen LogP contribution in [0.3, 0.4) is 0 Å². The summed E-state index contributed by atoms with van der Waals surface area (Å²) in [7, 11) is 0. The number of hydrogen-bond donors (Lipinski definition) is 0. The molecule has 1 heterocycles. The fourth-order valence-electron chi connectivity index (χ4n) is 3.63. The molecule has 0 bridgehead atoms. The predicted octanol–water partition coefficient (Wildman–Crippen LogP) is 5.76. The predicted molar refractivity (Wildman–Crippen MR) is 122 cm³/mol. The van der Waals surface area contributed by atoms with Crippen LogP contribution in [0, 0.1) is 0 Å². The molecule has 152 valence electrons. The SMILES string of the molecule is C/C(=N/N1C(=O)CN(Cc2ccccc2)[C@H]1c1ccc(Cl)cc1Cl)c1ccccc1. The minimum Gasteiger partial charge on any atom is -0.271 e. The number of benzene rings is 3. The van der Waals surface area contributed by atoms with Crippen molar-refractivity contribution in [1.29, 1.82) is 0 Å². The molecule has 1 atom stereocenters. The molecule has 3 aromatic carbocycles. The summed E-state index contributed by atoms with van der Waals surface area (Å²) in [5.41, 5.74) is 3.65. The van der Waals surface area contributed by atoms with Gasteiger partial charge >= 0.3 is 0 Å². The van der Waals surface area contributed by atoms with Crippen molar-refractivity contribution in [3.63, 3.8) is 0 Å². The minimum absolute atomic E-state index is 0.0720. The second-order valence-corrected chi connectivity index (χ2v) is 8.06. The highest BCUT2D eigenvalue weighted by Crippen LogP contribution is 2.37. The number of halogens is 2. The van der Waals surface area contributed by atoms with Crippen LogP contribution in [0.5, 0.6) is 0 Å². The Kier molecular flexibility index (Phi) is 6.18. The van der Waals surface area contributed by atoms with Crippen molar-refractivity contribution in [3.8, 4) is 0 Å². The van der Waals surface area contributed by atoms with Crippen molar-refractivity contribution in [2.45, 2.75) is 19.6 Å². The van der Waals surface area contributed by atoms with Crippen LogP contribution in [0.15, 0.2) is 84.0 Å². The van der Waals surface area contributed by atoms with Gasteiger partial charge in [-0.2, -0.15) is 5.10 Å². The second-order valence-electron chi connectivity index (χ2n) is 7.22. The summed E-state index contributed by atoms with van der Waals surface area (Å²) in [6.07, 6.45) is -0.416. The number of nitrogens with zero attached hydrogens (tertiary/aromatic N) is 3. The number of carbonyl (C=O) groups is 1. The van der Waals surface area contributed by atoms with Crippen LogP contribution in [-0.4, -0.2) is 28.1 Å². The van der Waals surface area contributed by atoms with Gasteiger partial charge in [0, 0.05) is 22.2 Å². The van der Waals surface area contributed by atoms with E-state index in [2.05, 4.69) is 4.90 Å². The Morgan fingerprint density at radius 2 is 1.67 bits per heavy atom. The zero-order valence-corrected chi connectivity index (χ0v) is 18.0. The van der Waals surface area contributed by atoms with E-state index in [-0.39, 0.29) is 12.5 Å². The van der Waals surface area contributed by atoms with Gasteiger partial charge in [-0.15, -0.1) is 0 Å². The third-order valence-electron chi connectivity index (χ3n) is 5.09.